The normalized spacial score (nSPS) is 15.1. The Kier molecular flexibility index (Phi) is 2.90. The third kappa shape index (κ3) is 2.32. The van der Waals surface area contributed by atoms with Gasteiger partial charge in [-0.1, -0.05) is 0 Å². The Balaban J connectivity index is 2.32. The molecule has 1 saturated carbocycles. The first-order valence-electron chi connectivity index (χ1n) is 5.13. The lowest BCUT2D eigenvalue weighted by molar-refractivity contribution is -0.386. The molecule has 0 radical (unpaired) electrons. The lowest BCUT2D eigenvalue weighted by atomic mass is 9.96. The van der Waals surface area contributed by atoms with E-state index < -0.39 is 10.9 Å². The van der Waals surface area contributed by atoms with E-state index in [1.54, 1.807) is 0 Å². The fourth-order valence-electron chi connectivity index (χ4n) is 1.42. The molecule has 1 fully saturated rings. The summed E-state index contributed by atoms with van der Waals surface area (Å²) in [6.45, 7) is 0. The van der Waals surface area contributed by atoms with Gasteiger partial charge in [0, 0.05) is 6.07 Å². The Labute approximate surface area is 96.2 Å². The SMILES string of the molecule is O=C(O)c1ccc([N+](=O)[O-])c(OC2CCC2)n1. The van der Waals surface area contributed by atoms with Gasteiger partial charge in [0.2, 0.25) is 0 Å². The summed E-state index contributed by atoms with van der Waals surface area (Å²) in [5.74, 6) is -1.45. The molecule has 1 N–H and O–H groups in total. The molecule has 7 heteroatoms. The molecule has 90 valence electrons. The number of carboxylic acids is 1. The molecule has 1 aromatic heterocycles. The summed E-state index contributed by atoms with van der Waals surface area (Å²) in [6.07, 6.45) is 2.55. The largest absolute Gasteiger partial charge is 0.477 e. The van der Waals surface area contributed by atoms with Crippen molar-refractivity contribution in [2.75, 3.05) is 0 Å². The molecular formula is C10H10N2O5. The van der Waals surface area contributed by atoms with Gasteiger partial charge in [0.05, 0.1) is 4.92 Å². The van der Waals surface area contributed by atoms with Gasteiger partial charge in [-0.05, 0) is 25.3 Å². The van der Waals surface area contributed by atoms with Crippen molar-refractivity contribution in [3.63, 3.8) is 0 Å². The topological polar surface area (TPSA) is 103 Å². The van der Waals surface area contributed by atoms with Gasteiger partial charge in [-0.2, -0.15) is 0 Å². The first-order chi connectivity index (χ1) is 8.08. The van der Waals surface area contributed by atoms with Crippen LogP contribution in [0.5, 0.6) is 5.88 Å². The van der Waals surface area contributed by atoms with Crippen molar-refractivity contribution in [2.45, 2.75) is 25.4 Å². The predicted molar refractivity (Wildman–Crippen MR) is 56.1 cm³/mol. The van der Waals surface area contributed by atoms with E-state index in [1.165, 1.54) is 0 Å². The Morgan fingerprint density at radius 2 is 2.24 bits per heavy atom. The first-order valence-corrected chi connectivity index (χ1v) is 5.13. The number of rotatable bonds is 4. The molecular weight excluding hydrogens is 228 g/mol. The van der Waals surface area contributed by atoms with E-state index in [2.05, 4.69) is 4.98 Å². The zero-order chi connectivity index (χ0) is 12.4. The molecule has 0 spiro atoms. The van der Waals surface area contributed by atoms with Gasteiger partial charge in [-0.15, -0.1) is 0 Å². The van der Waals surface area contributed by atoms with Crippen LogP contribution in [0.4, 0.5) is 5.69 Å². The van der Waals surface area contributed by atoms with Gasteiger partial charge in [0.15, 0.2) is 5.69 Å². The van der Waals surface area contributed by atoms with E-state index in [4.69, 9.17) is 9.84 Å². The quantitative estimate of drug-likeness (QED) is 0.631. The molecule has 1 aliphatic rings. The van der Waals surface area contributed by atoms with Gasteiger partial charge in [0.1, 0.15) is 6.10 Å². The lowest BCUT2D eigenvalue weighted by Gasteiger charge is -2.25. The van der Waals surface area contributed by atoms with Crippen molar-refractivity contribution < 1.29 is 19.6 Å². The maximum atomic E-state index is 10.7. The molecule has 0 bridgehead atoms. The van der Waals surface area contributed by atoms with E-state index in [9.17, 15) is 14.9 Å². The van der Waals surface area contributed by atoms with E-state index in [-0.39, 0.29) is 23.4 Å². The fourth-order valence-corrected chi connectivity index (χ4v) is 1.42. The number of aromatic carboxylic acids is 1. The molecule has 7 nitrogen and oxygen atoms in total. The summed E-state index contributed by atoms with van der Waals surface area (Å²) in [4.78, 5) is 24.5. The summed E-state index contributed by atoms with van der Waals surface area (Å²) in [6, 6.07) is 2.19. The predicted octanol–water partition coefficient (Wildman–Crippen LogP) is 1.62. The number of ether oxygens (including phenoxy) is 1. The summed E-state index contributed by atoms with van der Waals surface area (Å²) in [5, 5.41) is 19.5. The standard InChI is InChI=1S/C10H10N2O5/c13-10(14)7-4-5-8(12(15)16)9(11-7)17-6-2-1-3-6/h4-6H,1-3H2,(H,13,14). The Morgan fingerprint density at radius 3 is 2.71 bits per heavy atom. The number of nitrogens with zero attached hydrogens (tertiary/aromatic N) is 2. The van der Waals surface area contributed by atoms with Gasteiger partial charge >= 0.3 is 11.7 Å². The number of carbonyl (C=O) groups is 1. The molecule has 0 aromatic carbocycles. The highest BCUT2D eigenvalue weighted by Gasteiger charge is 2.26. The van der Waals surface area contributed by atoms with Crippen LogP contribution in [0.1, 0.15) is 29.8 Å². The van der Waals surface area contributed by atoms with Crippen LogP contribution in [0.2, 0.25) is 0 Å². The second kappa shape index (κ2) is 4.36. The van der Waals surface area contributed by atoms with Gasteiger partial charge in [0.25, 0.3) is 5.88 Å². The summed E-state index contributed by atoms with van der Waals surface area (Å²) in [7, 11) is 0. The van der Waals surface area contributed by atoms with Crippen LogP contribution in [0.25, 0.3) is 0 Å². The van der Waals surface area contributed by atoms with Crippen molar-refractivity contribution in [3.8, 4) is 5.88 Å². The number of nitro groups is 1. The van der Waals surface area contributed by atoms with E-state index in [1.807, 2.05) is 0 Å². The Morgan fingerprint density at radius 1 is 1.53 bits per heavy atom. The van der Waals surface area contributed by atoms with Crippen LogP contribution < -0.4 is 4.74 Å². The molecule has 1 aromatic rings. The molecule has 0 aliphatic heterocycles. The van der Waals surface area contributed by atoms with Crippen LogP contribution >= 0.6 is 0 Å². The van der Waals surface area contributed by atoms with Crippen LogP contribution in [0, 0.1) is 10.1 Å². The van der Waals surface area contributed by atoms with Crippen LogP contribution in [-0.2, 0) is 0 Å². The number of aromatic nitrogens is 1. The molecule has 17 heavy (non-hydrogen) atoms. The molecule has 0 atom stereocenters. The van der Waals surface area contributed by atoms with Gasteiger partial charge in [-0.25, -0.2) is 9.78 Å². The van der Waals surface area contributed by atoms with E-state index >= 15 is 0 Å². The summed E-state index contributed by atoms with van der Waals surface area (Å²) in [5.41, 5.74) is -0.563. The number of hydrogen-bond donors (Lipinski definition) is 1. The highest BCUT2D eigenvalue weighted by Crippen LogP contribution is 2.30. The average Bonchev–Trinajstić information content (AvgIpc) is 2.22. The average molecular weight is 238 g/mol. The van der Waals surface area contributed by atoms with E-state index in [0.29, 0.717) is 0 Å². The Hall–Kier alpha value is -2.18. The molecule has 1 heterocycles. The number of hydrogen-bond acceptors (Lipinski definition) is 5. The van der Waals surface area contributed by atoms with Crippen molar-refractivity contribution in [2.24, 2.45) is 0 Å². The molecule has 0 saturated heterocycles. The maximum Gasteiger partial charge on any atom is 0.354 e. The van der Waals surface area contributed by atoms with Crippen LogP contribution in [0.3, 0.4) is 0 Å². The minimum absolute atomic E-state index is 0.0924. The lowest BCUT2D eigenvalue weighted by Crippen LogP contribution is -2.25. The minimum Gasteiger partial charge on any atom is -0.477 e. The summed E-state index contributed by atoms with van der Waals surface area (Å²) >= 11 is 0. The highest BCUT2D eigenvalue weighted by molar-refractivity contribution is 5.85. The third-order valence-corrected chi connectivity index (χ3v) is 2.59. The third-order valence-electron chi connectivity index (χ3n) is 2.59. The first kappa shape index (κ1) is 11.3. The van der Waals surface area contributed by atoms with Crippen molar-refractivity contribution in [1.29, 1.82) is 0 Å². The van der Waals surface area contributed by atoms with Crippen molar-refractivity contribution in [3.05, 3.63) is 27.9 Å². The monoisotopic (exact) mass is 238 g/mol. The smallest absolute Gasteiger partial charge is 0.354 e. The molecule has 0 amide bonds. The van der Waals surface area contributed by atoms with E-state index in [0.717, 1.165) is 31.4 Å². The fraction of sp³-hybridized carbons (Fsp3) is 0.400. The number of pyridine rings is 1. The molecule has 2 rings (SSSR count). The van der Waals surface area contributed by atoms with Crippen molar-refractivity contribution in [1.82, 2.24) is 4.98 Å². The van der Waals surface area contributed by atoms with Crippen molar-refractivity contribution >= 4 is 11.7 Å². The van der Waals surface area contributed by atoms with Gasteiger partial charge < -0.3 is 9.84 Å². The highest BCUT2D eigenvalue weighted by atomic mass is 16.6. The van der Waals surface area contributed by atoms with Crippen LogP contribution in [-0.4, -0.2) is 27.1 Å². The molecule has 0 unspecified atom stereocenters. The maximum absolute atomic E-state index is 10.7. The van der Waals surface area contributed by atoms with Crippen LogP contribution in [0.15, 0.2) is 12.1 Å². The Bertz CT molecular complexity index is 470. The number of carboxylic acid groups (broad SMARTS) is 1. The zero-order valence-corrected chi connectivity index (χ0v) is 8.83. The second-order valence-corrected chi connectivity index (χ2v) is 3.75. The minimum atomic E-state index is -1.24. The molecule has 1 aliphatic carbocycles. The second-order valence-electron chi connectivity index (χ2n) is 3.75. The van der Waals surface area contributed by atoms with Gasteiger partial charge in [-0.3, -0.25) is 10.1 Å². The summed E-state index contributed by atoms with van der Waals surface area (Å²) < 4.78 is 5.32. The zero-order valence-electron chi connectivity index (χ0n) is 8.83.